The molecule has 0 saturated carbocycles. The van der Waals surface area contributed by atoms with Crippen molar-refractivity contribution in [2.75, 3.05) is 6.61 Å². The summed E-state index contributed by atoms with van der Waals surface area (Å²) < 4.78 is 5.67. The molecule has 0 aliphatic rings. The third kappa shape index (κ3) is 5.03. The Kier molecular flexibility index (Phi) is 5.89. The van der Waals surface area contributed by atoms with Crippen LogP contribution in [0.5, 0.6) is 5.75 Å². The average Bonchev–Trinajstić information content (AvgIpc) is 2.49. The van der Waals surface area contributed by atoms with Crippen LogP contribution in [0.4, 0.5) is 0 Å². The summed E-state index contributed by atoms with van der Waals surface area (Å²) in [5.74, 6) is 0.851. The number of nitrogens with zero attached hydrogens (tertiary/aromatic N) is 1. The zero-order valence-corrected chi connectivity index (χ0v) is 12.5. The fourth-order valence-corrected chi connectivity index (χ4v) is 2.17. The van der Waals surface area contributed by atoms with Gasteiger partial charge in [0.15, 0.2) is 0 Å². The Morgan fingerprint density at radius 2 is 1.84 bits per heavy atom. The van der Waals surface area contributed by atoms with Crippen LogP contribution >= 0.6 is 15.9 Å². The molecule has 0 unspecified atom stereocenters. The van der Waals surface area contributed by atoms with Gasteiger partial charge in [0.05, 0.1) is 18.5 Å². The lowest BCUT2D eigenvalue weighted by atomic mass is 10.1. The lowest BCUT2D eigenvalue weighted by molar-refractivity contribution is 0.305. The number of alkyl halides is 1. The molecule has 0 radical (unpaired) electrons. The van der Waals surface area contributed by atoms with Gasteiger partial charge in [-0.15, -0.1) is 0 Å². The highest BCUT2D eigenvalue weighted by Gasteiger charge is 1.97. The van der Waals surface area contributed by atoms with Crippen molar-refractivity contribution in [3.63, 3.8) is 0 Å². The summed E-state index contributed by atoms with van der Waals surface area (Å²) in [6, 6.07) is 14.5. The number of aromatic nitrogens is 1. The van der Waals surface area contributed by atoms with E-state index in [9.17, 15) is 0 Å². The minimum absolute atomic E-state index is 0.752. The second-order valence-electron chi connectivity index (χ2n) is 4.41. The minimum atomic E-state index is 0.752. The van der Waals surface area contributed by atoms with E-state index in [4.69, 9.17) is 4.74 Å². The van der Waals surface area contributed by atoms with Gasteiger partial charge in [-0.05, 0) is 37.0 Å². The van der Waals surface area contributed by atoms with Crippen LogP contribution in [0, 0.1) is 0 Å². The summed E-state index contributed by atoms with van der Waals surface area (Å²) in [5, 5.41) is 0.782. The van der Waals surface area contributed by atoms with Gasteiger partial charge in [0, 0.05) is 5.33 Å². The molecule has 0 spiro atoms. The maximum atomic E-state index is 5.67. The molecule has 0 fully saturated rings. The van der Waals surface area contributed by atoms with Crippen molar-refractivity contribution in [2.45, 2.75) is 24.6 Å². The van der Waals surface area contributed by atoms with Crippen molar-refractivity contribution in [2.24, 2.45) is 0 Å². The van der Waals surface area contributed by atoms with Crippen LogP contribution in [-0.2, 0) is 11.8 Å². The summed E-state index contributed by atoms with van der Waals surface area (Å²) in [6.07, 6.45) is 5.12. The molecule has 0 saturated heterocycles. The first-order chi connectivity index (χ1) is 9.38. The van der Waals surface area contributed by atoms with Gasteiger partial charge in [-0.25, -0.2) is 0 Å². The van der Waals surface area contributed by atoms with E-state index in [1.165, 1.54) is 5.56 Å². The maximum Gasteiger partial charge on any atom is 0.137 e. The summed E-state index contributed by atoms with van der Waals surface area (Å²) in [4.78, 5) is 4.27. The Morgan fingerprint density at radius 1 is 1.00 bits per heavy atom. The topological polar surface area (TPSA) is 22.1 Å². The molecule has 3 heteroatoms. The lowest BCUT2D eigenvalue weighted by Gasteiger charge is -2.06. The maximum absolute atomic E-state index is 5.67. The molecule has 1 heterocycles. The van der Waals surface area contributed by atoms with Crippen LogP contribution in [0.25, 0.3) is 0 Å². The first kappa shape index (κ1) is 14.1. The van der Waals surface area contributed by atoms with Gasteiger partial charge in [0.25, 0.3) is 0 Å². The highest BCUT2D eigenvalue weighted by molar-refractivity contribution is 9.08. The van der Waals surface area contributed by atoms with E-state index >= 15 is 0 Å². The molecule has 0 amide bonds. The monoisotopic (exact) mass is 319 g/mol. The number of aryl methyl sites for hydroxylation is 1. The molecular formula is C16H18BrNO. The molecule has 100 valence electrons. The van der Waals surface area contributed by atoms with E-state index in [-0.39, 0.29) is 0 Å². The predicted octanol–water partition coefficient (Wildman–Crippen LogP) is 4.38. The number of unbranched alkanes of at least 4 members (excludes halogenated alkanes) is 1. The molecule has 2 rings (SSSR count). The van der Waals surface area contributed by atoms with Gasteiger partial charge >= 0.3 is 0 Å². The van der Waals surface area contributed by atoms with Gasteiger partial charge in [-0.2, -0.15) is 0 Å². The third-order valence-corrected chi connectivity index (χ3v) is 3.48. The van der Waals surface area contributed by atoms with E-state index in [0.717, 1.165) is 42.6 Å². The summed E-state index contributed by atoms with van der Waals surface area (Å²) in [6.45, 7) is 0.752. The van der Waals surface area contributed by atoms with E-state index in [0.29, 0.717) is 0 Å². The van der Waals surface area contributed by atoms with Gasteiger partial charge in [0.1, 0.15) is 5.75 Å². The summed E-state index contributed by atoms with van der Waals surface area (Å²) in [5.41, 5.74) is 2.42. The first-order valence-electron chi connectivity index (χ1n) is 6.56. The number of hydrogen-bond donors (Lipinski definition) is 0. The number of rotatable bonds is 7. The van der Waals surface area contributed by atoms with Crippen molar-refractivity contribution < 1.29 is 4.74 Å². The van der Waals surface area contributed by atoms with Crippen molar-refractivity contribution in [3.8, 4) is 5.75 Å². The van der Waals surface area contributed by atoms with Crippen molar-refractivity contribution in [1.82, 2.24) is 4.98 Å². The van der Waals surface area contributed by atoms with Crippen LogP contribution in [0.15, 0.2) is 48.7 Å². The Bertz CT molecular complexity index is 470. The minimum Gasteiger partial charge on any atom is -0.492 e. The highest BCUT2D eigenvalue weighted by Crippen LogP contribution is 2.12. The molecule has 0 aliphatic carbocycles. The molecule has 0 N–H and O–H groups in total. The van der Waals surface area contributed by atoms with E-state index in [2.05, 4.69) is 51.2 Å². The van der Waals surface area contributed by atoms with Crippen molar-refractivity contribution >= 4 is 15.9 Å². The quantitative estimate of drug-likeness (QED) is 0.558. The third-order valence-electron chi connectivity index (χ3n) is 2.91. The van der Waals surface area contributed by atoms with E-state index < -0.39 is 0 Å². The van der Waals surface area contributed by atoms with Crippen LogP contribution in [0.3, 0.4) is 0 Å². The van der Waals surface area contributed by atoms with E-state index in [1.807, 2.05) is 12.1 Å². The Hall–Kier alpha value is -1.35. The van der Waals surface area contributed by atoms with Crippen LogP contribution in [0.1, 0.15) is 24.1 Å². The molecule has 0 atom stereocenters. The molecule has 0 aliphatic heterocycles. The number of hydrogen-bond acceptors (Lipinski definition) is 2. The Labute approximate surface area is 123 Å². The fourth-order valence-electron chi connectivity index (χ4n) is 1.84. The van der Waals surface area contributed by atoms with Crippen LogP contribution < -0.4 is 4.74 Å². The smallest absolute Gasteiger partial charge is 0.137 e. The number of ether oxygens (including phenoxy) is 1. The Balaban J connectivity index is 1.63. The average molecular weight is 320 g/mol. The molecular weight excluding hydrogens is 302 g/mol. The predicted molar refractivity (Wildman–Crippen MR) is 81.7 cm³/mol. The number of pyridine rings is 1. The second-order valence-corrected chi connectivity index (χ2v) is 4.97. The van der Waals surface area contributed by atoms with Gasteiger partial charge in [-0.3, -0.25) is 4.98 Å². The van der Waals surface area contributed by atoms with Crippen molar-refractivity contribution in [3.05, 3.63) is 59.9 Å². The molecule has 1 aromatic heterocycles. The number of benzene rings is 1. The van der Waals surface area contributed by atoms with Gasteiger partial charge in [0.2, 0.25) is 0 Å². The summed E-state index contributed by atoms with van der Waals surface area (Å²) >= 11 is 3.37. The zero-order valence-electron chi connectivity index (χ0n) is 10.9. The molecule has 0 bridgehead atoms. The molecule has 1 aromatic carbocycles. The SMILES string of the molecule is BrCc1ccc(OCCCCc2ccccc2)cn1. The molecule has 2 nitrogen and oxygen atoms in total. The standard InChI is InChI=1S/C16H18BrNO/c17-12-15-9-10-16(13-18-15)19-11-5-4-8-14-6-2-1-3-7-14/h1-3,6-7,9-10,13H,4-5,8,11-12H2. The highest BCUT2D eigenvalue weighted by atomic mass is 79.9. The molecule has 2 aromatic rings. The summed E-state index contributed by atoms with van der Waals surface area (Å²) in [7, 11) is 0. The van der Waals surface area contributed by atoms with Crippen LogP contribution in [-0.4, -0.2) is 11.6 Å². The Morgan fingerprint density at radius 3 is 2.53 bits per heavy atom. The molecule has 19 heavy (non-hydrogen) atoms. The van der Waals surface area contributed by atoms with E-state index in [1.54, 1.807) is 6.20 Å². The van der Waals surface area contributed by atoms with Crippen LogP contribution in [0.2, 0.25) is 0 Å². The normalized spacial score (nSPS) is 10.4. The second kappa shape index (κ2) is 7.95. The fraction of sp³-hybridized carbons (Fsp3) is 0.312. The lowest BCUT2D eigenvalue weighted by Crippen LogP contribution is -1.99. The largest absolute Gasteiger partial charge is 0.492 e. The zero-order chi connectivity index (χ0) is 13.3. The van der Waals surface area contributed by atoms with Crippen molar-refractivity contribution in [1.29, 1.82) is 0 Å². The first-order valence-corrected chi connectivity index (χ1v) is 7.68. The number of halogens is 1. The van der Waals surface area contributed by atoms with Gasteiger partial charge < -0.3 is 4.74 Å². The van der Waals surface area contributed by atoms with Gasteiger partial charge in [-0.1, -0.05) is 46.3 Å².